The molecule has 1 saturated heterocycles. The van der Waals surface area contributed by atoms with Crippen LogP contribution in [-0.2, 0) is 4.79 Å². The minimum Gasteiger partial charge on any atom is -0.480 e. The highest BCUT2D eigenvalue weighted by molar-refractivity contribution is 5.86. The third-order valence-corrected chi connectivity index (χ3v) is 4.17. The molecule has 1 fully saturated rings. The standard InChI is InChI=1S/C14H27N3O3/c1-4-16(5-2)10-7-9-15-13(20)17-11-6-8-14(17,3)12(18)19/h4-11H2,1-3H3,(H,15,20)(H,18,19). The molecular formula is C14H27N3O3. The van der Waals surface area contributed by atoms with Crippen LogP contribution >= 0.6 is 0 Å². The van der Waals surface area contributed by atoms with Crippen molar-refractivity contribution in [2.45, 2.75) is 45.6 Å². The Morgan fingerprint density at radius 1 is 1.35 bits per heavy atom. The highest BCUT2D eigenvalue weighted by atomic mass is 16.4. The van der Waals surface area contributed by atoms with Gasteiger partial charge in [-0.25, -0.2) is 9.59 Å². The zero-order valence-corrected chi connectivity index (χ0v) is 12.8. The number of hydrogen-bond acceptors (Lipinski definition) is 3. The fraction of sp³-hybridized carbons (Fsp3) is 0.857. The number of carboxylic acids is 1. The van der Waals surface area contributed by atoms with Crippen LogP contribution in [0.2, 0.25) is 0 Å². The van der Waals surface area contributed by atoms with Gasteiger partial charge in [0.2, 0.25) is 0 Å². The maximum Gasteiger partial charge on any atom is 0.329 e. The van der Waals surface area contributed by atoms with E-state index in [1.807, 2.05) is 0 Å². The van der Waals surface area contributed by atoms with Crippen LogP contribution in [0, 0.1) is 0 Å². The largest absolute Gasteiger partial charge is 0.480 e. The van der Waals surface area contributed by atoms with Crippen molar-refractivity contribution in [3.05, 3.63) is 0 Å². The lowest BCUT2D eigenvalue weighted by molar-refractivity contribution is -0.147. The van der Waals surface area contributed by atoms with E-state index >= 15 is 0 Å². The molecule has 0 saturated carbocycles. The Bertz CT molecular complexity index is 345. The van der Waals surface area contributed by atoms with Crippen LogP contribution in [-0.4, -0.2) is 65.2 Å². The smallest absolute Gasteiger partial charge is 0.329 e. The number of likely N-dealkylation sites (tertiary alicyclic amines) is 1. The molecule has 0 aromatic rings. The molecule has 1 atom stereocenters. The Morgan fingerprint density at radius 3 is 2.55 bits per heavy atom. The molecule has 6 heteroatoms. The first-order valence-corrected chi connectivity index (χ1v) is 7.47. The molecule has 6 nitrogen and oxygen atoms in total. The van der Waals surface area contributed by atoms with Crippen LogP contribution < -0.4 is 5.32 Å². The van der Waals surface area contributed by atoms with Gasteiger partial charge in [-0.2, -0.15) is 0 Å². The minimum atomic E-state index is -1.05. The monoisotopic (exact) mass is 285 g/mol. The van der Waals surface area contributed by atoms with E-state index in [1.54, 1.807) is 6.92 Å². The molecule has 1 aliphatic rings. The highest BCUT2D eigenvalue weighted by Gasteiger charge is 2.45. The Labute approximate surface area is 121 Å². The fourth-order valence-electron chi connectivity index (χ4n) is 2.64. The van der Waals surface area contributed by atoms with Crippen LogP contribution in [0.4, 0.5) is 4.79 Å². The number of urea groups is 1. The molecule has 0 bridgehead atoms. The highest BCUT2D eigenvalue weighted by Crippen LogP contribution is 2.29. The molecule has 2 amide bonds. The summed E-state index contributed by atoms with van der Waals surface area (Å²) in [6.07, 6.45) is 2.15. The Balaban J connectivity index is 2.38. The van der Waals surface area contributed by atoms with Crippen LogP contribution in [0.3, 0.4) is 0 Å². The lowest BCUT2D eigenvalue weighted by Crippen LogP contribution is -2.54. The molecule has 1 aliphatic heterocycles. The SMILES string of the molecule is CCN(CC)CCCNC(=O)N1CCCC1(C)C(=O)O. The number of amides is 2. The van der Waals surface area contributed by atoms with Gasteiger partial charge in [-0.15, -0.1) is 0 Å². The van der Waals surface area contributed by atoms with Crippen molar-refractivity contribution in [1.29, 1.82) is 0 Å². The van der Waals surface area contributed by atoms with E-state index in [0.29, 0.717) is 19.5 Å². The van der Waals surface area contributed by atoms with Crippen LogP contribution in [0.25, 0.3) is 0 Å². The molecule has 1 heterocycles. The molecule has 0 aliphatic carbocycles. The van der Waals surface area contributed by atoms with Crippen molar-refractivity contribution in [2.24, 2.45) is 0 Å². The molecule has 20 heavy (non-hydrogen) atoms. The molecule has 0 aromatic carbocycles. The van der Waals surface area contributed by atoms with E-state index in [4.69, 9.17) is 0 Å². The van der Waals surface area contributed by atoms with Crippen molar-refractivity contribution < 1.29 is 14.7 Å². The van der Waals surface area contributed by atoms with Gasteiger partial charge in [0.1, 0.15) is 5.54 Å². The zero-order valence-electron chi connectivity index (χ0n) is 12.8. The summed E-state index contributed by atoms with van der Waals surface area (Å²) in [6, 6.07) is -0.257. The Morgan fingerprint density at radius 2 is 2.00 bits per heavy atom. The number of nitrogens with zero attached hydrogens (tertiary/aromatic N) is 2. The fourth-order valence-corrected chi connectivity index (χ4v) is 2.64. The molecule has 2 N–H and O–H groups in total. The summed E-state index contributed by atoms with van der Waals surface area (Å²) in [4.78, 5) is 27.1. The molecule has 0 spiro atoms. The molecule has 0 radical (unpaired) electrons. The second kappa shape index (κ2) is 7.47. The van der Waals surface area contributed by atoms with Gasteiger partial charge >= 0.3 is 12.0 Å². The molecule has 1 unspecified atom stereocenters. The second-order valence-electron chi connectivity index (χ2n) is 5.45. The lowest BCUT2D eigenvalue weighted by Gasteiger charge is -2.31. The molecule has 0 aromatic heterocycles. The van der Waals surface area contributed by atoms with Crippen molar-refractivity contribution in [3.8, 4) is 0 Å². The molecular weight excluding hydrogens is 258 g/mol. The molecule has 1 rings (SSSR count). The third-order valence-electron chi connectivity index (χ3n) is 4.17. The summed E-state index contributed by atoms with van der Waals surface area (Å²) in [6.45, 7) is 9.92. The van der Waals surface area contributed by atoms with E-state index in [1.165, 1.54) is 4.90 Å². The van der Waals surface area contributed by atoms with Crippen molar-refractivity contribution in [2.75, 3.05) is 32.7 Å². The summed E-state index contributed by atoms with van der Waals surface area (Å²) in [5.74, 6) is -0.923. The predicted molar refractivity (Wildman–Crippen MR) is 77.8 cm³/mol. The van der Waals surface area contributed by atoms with Gasteiger partial charge in [-0.1, -0.05) is 13.8 Å². The summed E-state index contributed by atoms with van der Waals surface area (Å²) in [7, 11) is 0. The average molecular weight is 285 g/mol. The topological polar surface area (TPSA) is 72.9 Å². The minimum absolute atomic E-state index is 0.257. The average Bonchev–Trinajstić information content (AvgIpc) is 2.82. The summed E-state index contributed by atoms with van der Waals surface area (Å²) >= 11 is 0. The summed E-state index contributed by atoms with van der Waals surface area (Å²) < 4.78 is 0. The third kappa shape index (κ3) is 3.85. The first-order valence-electron chi connectivity index (χ1n) is 7.47. The quantitative estimate of drug-likeness (QED) is 0.693. The maximum atomic E-state index is 12.1. The number of aliphatic carboxylic acids is 1. The van der Waals surface area contributed by atoms with Crippen molar-refractivity contribution in [3.63, 3.8) is 0 Å². The predicted octanol–water partition coefficient (Wildman–Crippen LogP) is 1.37. The van der Waals surface area contributed by atoms with E-state index in [-0.39, 0.29) is 6.03 Å². The Kier molecular flexibility index (Phi) is 6.26. The van der Waals surface area contributed by atoms with Gasteiger partial charge in [0.15, 0.2) is 0 Å². The van der Waals surface area contributed by atoms with E-state index in [2.05, 4.69) is 24.1 Å². The van der Waals surface area contributed by atoms with Crippen LogP contribution in [0.15, 0.2) is 0 Å². The van der Waals surface area contributed by atoms with Gasteiger partial charge in [0.25, 0.3) is 0 Å². The van der Waals surface area contributed by atoms with Gasteiger partial charge < -0.3 is 20.2 Å². The van der Waals surface area contributed by atoms with Crippen molar-refractivity contribution in [1.82, 2.24) is 15.1 Å². The number of nitrogens with one attached hydrogen (secondary N) is 1. The van der Waals surface area contributed by atoms with Crippen molar-refractivity contribution >= 4 is 12.0 Å². The van der Waals surface area contributed by atoms with E-state index < -0.39 is 11.5 Å². The zero-order chi connectivity index (χ0) is 15.2. The van der Waals surface area contributed by atoms with E-state index in [0.717, 1.165) is 32.5 Å². The van der Waals surface area contributed by atoms with Gasteiger partial charge in [0.05, 0.1) is 0 Å². The van der Waals surface area contributed by atoms with Gasteiger partial charge in [-0.3, -0.25) is 0 Å². The summed E-state index contributed by atoms with van der Waals surface area (Å²) in [5.41, 5.74) is -1.05. The van der Waals surface area contributed by atoms with Crippen LogP contribution in [0.1, 0.15) is 40.0 Å². The first-order chi connectivity index (χ1) is 9.45. The molecule has 116 valence electrons. The second-order valence-corrected chi connectivity index (χ2v) is 5.45. The number of rotatable bonds is 7. The maximum absolute atomic E-state index is 12.1. The first kappa shape index (κ1) is 16.8. The van der Waals surface area contributed by atoms with Gasteiger partial charge in [-0.05, 0) is 45.8 Å². The number of carbonyl (C=O) groups is 2. The van der Waals surface area contributed by atoms with E-state index in [9.17, 15) is 14.7 Å². The lowest BCUT2D eigenvalue weighted by atomic mass is 10.00. The summed E-state index contributed by atoms with van der Waals surface area (Å²) in [5, 5.41) is 12.1. The van der Waals surface area contributed by atoms with Crippen LogP contribution in [0.5, 0.6) is 0 Å². The Hall–Kier alpha value is -1.30. The number of carbonyl (C=O) groups excluding carboxylic acids is 1. The normalized spacial score (nSPS) is 22.3. The van der Waals surface area contributed by atoms with Gasteiger partial charge in [0, 0.05) is 13.1 Å². The number of hydrogen-bond donors (Lipinski definition) is 2. The number of carboxylic acid groups (broad SMARTS) is 1.